The van der Waals surface area contributed by atoms with Crippen LogP contribution in [0.15, 0.2) is 10.4 Å². The molecule has 108 valence electrons. The van der Waals surface area contributed by atoms with E-state index < -0.39 is 0 Å². The maximum Gasteiger partial charge on any atom is 0.191 e. The first kappa shape index (κ1) is 16.7. The summed E-state index contributed by atoms with van der Waals surface area (Å²) in [5, 5.41) is 10.1. The summed E-state index contributed by atoms with van der Waals surface area (Å²) in [7, 11) is 1.83. The quantitative estimate of drug-likeness (QED) is 0.469. The van der Waals surface area contributed by atoms with Gasteiger partial charge in [0.2, 0.25) is 0 Å². The number of guanidine groups is 1. The summed E-state index contributed by atoms with van der Waals surface area (Å²) in [5.41, 5.74) is 1.17. The summed E-state index contributed by atoms with van der Waals surface area (Å²) < 4.78 is 0. The summed E-state index contributed by atoms with van der Waals surface area (Å²) in [6.45, 7) is 2.93. The molecule has 2 rings (SSSR count). The second-order valence-corrected chi connectivity index (χ2v) is 5.79. The number of thiazole rings is 1. The third kappa shape index (κ3) is 5.64. The molecule has 1 fully saturated rings. The third-order valence-corrected chi connectivity index (χ3v) is 4.08. The zero-order chi connectivity index (χ0) is 12.8. The van der Waals surface area contributed by atoms with Crippen molar-refractivity contribution in [2.24, 2.45) is 4.99 Å². The summed E-state index contributed by atoms with van der Waals surface area (Å²) >= 11 is 1.71. The van der Waals surface area contributed by atoms with Gasteiger partial charge in [0.05, 0.1) is 10.7 Å². The molecule has 0 spiro atoms. The maximum atomic E-state index is 4.45. The summed E-state index contributed by atoms with van der Waals surface area (Å²) in [5.74, 6) is 0.925. The normalized spacial score (nSPS) is 16.2. The van der Waals surface area contributed by atoms with E-state index in [0.29, 0.717) is 6.04 Å². The van der Waals surface area contributed by atoms with Gasteiger partial charge in [-0.2, -0.15) is 0 Å². The molecule has 4 nitrogen and oxygen atoms in total. The number of aryl methyl sites for hydroxylation is 1. The Morgan fingerprint density at radius 1 is 1.47 bits per heavy atom. The molecule has 0 aliphatic heterocycles. The predicted molar refractivity (Wildman–Crippen MR) is 92.7 cm³/mol. The molecule has 0 saturated heterocycles. The fraction of sp³-hybridized carbons (Fsp3) is 0.692. The molecular formula is C13H23IN4S. The van der Waals surface area contributed by atoms with Crippen molar-refractivity contribution >= 4 is 41.3 Å². The Bertz CT molecular complexity index is 399. The van der Waals surface area contributed by atoms with Crippen LogP contribution in [0, 0.1) is 6.92 Å². The number of nitrogens with zero attached hydrogens (tertiary/aromatic N) is 2. The van der Waals surface area contributed by atoms with Crippen molar-refractivity contribution in [1.82, 2.24) is 15.6 Å². The molecule has 1 aromatic heterocycles. The Morgan fingerprint density at radius 3 is 2.79 bits per heavy atom. The SMILES string of the molecule is CN=C(NCCc1csc(C)n1)NC1CCCC1.I. The van der Waals surface area contributed by atoms with E-state index in [0.717, 1.165) is 23.9 Å². The number of rotatable bonds is 4. The van der Waals surface area contributed by atoms with Crippen molar-refractivity contribution in [1.29, 1.82) is 0 Å². The first-order chi connectivity index (χ1) is 8.78. The van der Waals surface area contributed by atoms with Gasteiger partial charge in [-0.1, -0.05) is 12.8 Å². The van der Waals surface area contributed by atoms with E-state index in [1.54, 1.807) is 11.3 Å². The molecule has 19 heavy (non-hydrogen) atoms. The highest BCUT2D eigenvalue weighted by Gasteiger charge is 2.15. The smallest absolute Gasteiger partial charge is 0.191 e. The zero-order valence-electron chi connectivity index (χ0n) is 11.6. The average molecular weight is 394 g/mol. The van der Waals surface area contributed by atoms with Crippen molar-refractivity contribution in [2.45, 2.75) is 45.1 Å². The predicted octanol–water partition coefficient (Wildman–Crippen LogP) is 2.72. The van der Waals surface area contributed by atoms with Crippen LogP contribution in [-0.4, -0.2) is 30.6 Å². The number of hydrogen-bond donors (Lipinski definition) is 2. The number of nitrogens with one attached hydrogen (secondary N) is 2. The van der Waals surface area contributed by atoms with Gasteiger partial charge in [-0.3, -0.25) is 4.99 Å². The van der Waals surface area contributed by atoms with Gasteiger partial charge in [0.15, 0.2) is 5.96 Å². The van der Waals surface area contributed by atoms with Crippen molar-refractivity contribution in [2.75, 3.05) is 13.6 Å². The van der Waals surface area contributed by atoms with E-state index in [1.807, 2.05) is 14.0 Å². The lowest BCUT2D eigenvalue weighted by Gasteiger charge is -2.16. The molecule has 1 saturated carbocycles. The highest BCUT2D eigenvalue weighted by atomic mass is 127. The maximum absolute atomic E-state index is 4.45. The zero-order valence-corrected chi connectivity index (χ0v) is 14.8. The minimum Gasteiger partial charge on any atom is -0.356 e. The second-order valence-electron chi connectivity index (χ2n) is 4.73. The lowest BCUT2D eigenvalue weighted by molar-refractivity contribution is 0.613. The van der Waals surface area contributed by atoms with Crippen molar-refractivity contribution in [3.63, 3.8) is 0 Å². The van der Waals surface area contributed by atoms with Gasteiger partial charge in [0.1, 0.15) is 0 Å². The molecule has 0 amide bonds. The van der Waals surface area contributed by atoms with Crippen LogP contribution < -0.4 is 10.6 Å². The van der Waals surface area contributed by atoms with Gasteiger partial charge in [-0.15, -0.1) is 35.3 Å². The van der Waals surface area contributed by atoms with Crippen molar-refractivity contribution < 1.29 is 0 Å². The van der Waals surface area contributed by atoms with E-state index in [4.69, 9.17) is 0 Å². The Kier molecular flexibility index (Phi) is 7.67. The molecule has 0 atom stereocenters. The molecule has 0 radical (unpaired) electrons. The summed E-state index contributed by atoms with van der Waals surface area (Å²) in [6.07, 6.45) is 6.17. The molecule has 2 N–H and O–H groups in total. The molecular weight excluding hydrogens is 371 g/mol. The average Bonchev–Trinajstić information content (AvgIpc) is 3.00. The minimum absolute atomic E-state index is 0. The highest BCUT2D eigenvalue weighted by Crippen LogP contribution is 2.17. The Morgan fingerprint density at radius 2 is 2.21 bits per heavy atom. The van der Waals surface area contributed by atoms with Crippen LogP contribution in [0.3, 0.4) is 0 Å². The molecule has 0 aromatic carbocycles. The topological polar surface area (TPSA) is 49.3 Å². The number of halogens is 1. The van der Waals surface area contributed by atoms with Crippen molar-refractivity contribution in [3.8, 4) is 0 Å². The Labute approximate surface area is 136 Å². The largest absolute Gasteiger partial charge is 0.356 e. The van der Waals surface area contributed by atoms with Crippen LogP contribution in [0.2, 0.25) is 0 Å². The molecule has 1 aliphatic carbocycles. The van der Waals surface area contributed by atoms with Crippen LogP contribution in [0.1, 0.15) is 36.4 Å². The van der Waals surface area contributed by atoms with Crippen LogP contribution in [0.5, 0.6) is 0 Å². The van der Waals surface area contributed by atoms with E-state index in [2.05, 4.69) is 26.0 Å². The first-order valence-electron chi connectivity index (χ1n) is 6.66. The molecule has 6 heteroatoms. The van der Waals surface area contributed by atoms with E-state index in [1.165, 1.54) is 31.4 Å². The van der Waals surface area contributed by atoms with Gasteiger partial charge < -0.3 is 10.6 Å². The lowest BCUT2D eigenvalue weighted by atomic mass is 10.2. The van der Waals surface area contributed by atoms with Gasteiger partial charge in [0, 0.05) is 31.4 Å². The standard InChI is InChI=1S/C13H22N4S.HI/c1-10-16-12(9-18-10)7-8-15-13(14-2)17-11-5-3-4-6-11;/h9,11H,3-8H2,1-2H3,(H2,14,15,17);1H. The molecule has 1 heterocycles. The van der Waals surface area contributed by atoms with Crippen LogP contribution in [-0.2, 0) is 6.42 Å². The number of aromatic nitrogens is 1. The van der Waals surface area contributed by atoms with Gasteiger partial charge in [-0.25, -0.2) is 4.98 Å². The summed E-state index contributed by atoms with van der Waals surface area (Å²) in [4.78, 5) is 8.72. The van der Waals surface area contributed by atoms with Gasteiger partial charge in [-0.05, 0) is 19.8 Å². The Hall–Kier alpha value is -0.370. The molecule has 0 unspecified atom stereocenters. The number of hydrogen-bond acceptors (Lipinski definition) is 3. The molecule has 0 bridgehead atoms. The van der Waals surface area contributed by atoms with Crippen molar-refractivity contribution in [3.05, 3.63) is 16.1 Å². The monoisotopic (exact) mass is 394 g/mol. The van der Waals surface area contributed by atoms with Crippen LogP contribution in [0.25, 0.3) is 0 Å². The van der Waals surface area contributed by atoms with E-state index >= 15 is 0 Å². The van der Waals surface area contributed by atoms with Gasteiger partial charge in [0.25, 0.3) is 0 Å². The Balaban J connectivity index is 0.00000180. The summed E-state index contributed by atoms with van der Waals surface area (Å²) in [6, 6.07) is 0.609. The van der Waals surface area contributed by atoms with E-state index in [-0.39, 0.29) is 24.0 Å². The molecule has 1 aromatic rings. The highest BCUT2D eigenvalue weighted by molar-refractivity contribution is 14.0. The van der Waals surface area contributed by atoms with Crippen LogP contribution in [0.4, 0.5) is 0 Å². The second kappa shape index (κ2) is 8.73. The lowest BCUT2D eigenvalue weighted by Crippen LogP contribution is -2.43. The first-order valence-corrected chi connectivity index (χ1v) is 7.54. The minimum atomic E-state index is 0. The third-order valence-electron chi connectivity index (χ3n) is 3.26. The van der Waals surface area contributed by atoms with E-state index in [9.17, 15) is 0 Å². The van der Waals surface area contributed by atoms with Gasteiger partial charge >= 0.3 is 0 Å². The molecule has 1 aliphatic rings. The van der Waals surface area contributed by atoms with Crippen LogP contribution >= 0.6 is 35.3 Å². The number of aliphatic imine (C=N–C) groups is 1. The fourth-order valence-electron chi connectivity index (χ4n) is 2.29. The fourth-order valence-corrected chi connectivity index (χ4v) is 2.94.